The van der Waals surface area contributed by atoms with Crippen LogP contribution in [0, 0.1) is 16.7 Å². The van der Waals surface area contributed by atoms with E-state index in [1.807, 2.05) is 0 Å². The number of hydrogen-bond donors (Lipinski definition) is 1. The molecule has 0 radical (unpaired) electrons. The molecule has 2 saturated carbocycles. The molecule has 1 aromatic rings. The fourth-order valence-corrected chi connectivity index (χ4v) is 7.80. The van der Waals surface area contributed by atoms with Crippen molar-refractivity contribution in [3.63, 3.8) is 0 Å². The third-order valence-electron chi connectivity index (χ3n) is 8.01. The predicted molar refractivity (Wildman–Crippen MR) is 115 cm³/mol. The van der Waals surface area contributed by atoms with Crippen molar-refractivity contribution in [1.82, 2.24) is 9.62 Å². The van der Waals surface area contributed by atoms with Crippen molar-refractivity contribution < 1.29 is 13.2 Å². The van der Waals surface area contributed by atoms with Gasteiger partial charge < -0.3 is 0 Å². The first-order chi connectivity index (χ1) is 13.7. The number of nitrogens with zero attached hydrogens (tertiary/aromatic N) is 1. The normalized spacial score (nSPS) is 28.6. The smallest absolute Gasteiger partial charge is 0.212 e. The summed E-state index contributed by atoms with van der Waals surface area (Å²) in [5, 5.41) is 0. The minimum Gasteiger partial charge on any atom is -0.299 e. The van der Waals surface area contributed by atoms with Gasteiger partial charge in [-0.15, -0.1) is 0 Å². The quantitative estimate of drug-likeness (QED) is 0.659. The van der Waals surface area contributed by atoms with E-state index in [1.54, 1.807) is 0 Å². The Morgan fingerprint density at radius 1 is 1.17 bits per heavy atom. The van der Waals surface area contributed by atoms with E-state index < -0.39 is 15.4 Å². The molecule has 160 valence electrons. The van der Waals surface area contributed by atoms with E-state index in [-0.39, 0.29) is 17.0 Å². The predicted octanol–water partition coefficient (Wildman–Crippen LogP) is 3.14. The number of carbonyl (C=O) groups excluding carboxylic acids is 1. The summed E-state index contributed by atoms with van der Waals surface area (Å²) in [5.74, 6) is 0.472. The van der Waals surface area contributed by atoms with E-state index >= 15 is 0 Å². The molecule has 2 fully saturated rings. The lowest BCUT2D eigenvalue weighted by atomic mass is 9.70. The molecule has 2 aliphatic carbocycles. The molecule has 1 aliphatic heterocycles. The Labute approximate surface area is 175 Å². The molecule has 1 N–H and O–H groups in total. The summed E-state index contributed by atoms with van der Waals surface area (Å²) in [7, 11) is -3.44. The number of rotatable bonds is 8. The first-order valence-corrected chi connectivity index (χ1v) is 12.7. The Morgan fingerprint density at radius 2 is 1.93 bits per heavy atom. The molecule has 0 saturated heterocycles. The molecule has 0 aromatic heterocycles. The maximum atomic E-state index is 12.7. The lowest BCUT2D eigenvalue weighted by Gasteiger charge is -2.36. The Morgan fingerprint density at radius 3 is 2.62 bits per heavy atom. The maximum Gasteiger partial charge on any atom is 0.212 e. The average molecular weight is 419 g/mol. The van der Waals surface area contributed by atoms with E-state index in [2.05, 4.69) is 47.7 Å². The molecule has 0 amide bonds. The van der Waals surface area contributed by atoms with Crippen molar-refractivity contribution in [2.45, 2.75) is 58.9 Å². The Balaban J connectivity index is 1.22. The van der Waals surface area contributed by atoms with Crippen LogP contribution in [0.15, 0.2) is 24.3 Å². The number of benzene rings is 1. The van der Waals surface area contributed by atoms with Crippen LogP contribution in [0.2, 0.25) is 0 Å². The number of unbranched alkanes of at least 4 members (excludes halogenated alkanes) is 1. The van der Waals surface area contributed by atoms with Gasteiger partial charge in [0.25, 0.3) is 0 Å². The summed E-state index contributed by atoms with van der Waals surface area (Å²) in [6, 6.07) is 8.62. The zero-order valence-corrected chi connectivity index (χ0v) is 18.6. The van der Waals surface area contributed by atoms with Crippen molar-refractivity contribution in [2.75, 3.05) is 25.4 Å². The standard InChI is InChI=1S/C23H34N2O3S/c1-22(2)20-9-11-23(22,21(26)15-20)17-29(27,28)24-12-5-6-13-25-14-10-18-7-3-4-8-19(18)16-25/h3-4,7-8,20,24H,5-6,9-17H2,1-2H3. The molecule has 4 rings (SSSR count). The molecular weight excluding hydrogens is 384 g/mol. The van der Waals surface area contributed by atoms with Gasteiger partial charge in [-0.3, -0.25) is 9.69 Å². The highest BCUT2D eigenvalue weighted by Crippen LogP contribution is 2.64. The van der Waals surface area contributed by atoms with Crippen molar-refractivity contribution in [1.29, 1.82) is 0 Å². The zero-order valence-electron chi connectivity index (χ0n) is 17.7. The van der Waals surface area contributed by atoms with Crippen molar-refractivity contribution >= 4 is 15.8 Å². The van der Waals surface area contributed by atoms with Gasteiger partial charge in [0, 0.05) is 31.5 Å². The van der Waals surface area contributed by atoms with Crippen molar-refractivity contribution in [3.05, 3.63) is 35.4 Å². The summed E-state index contributed by atoms with van der Waals surface area (Å²) in [6.45, 7) is 7.68. The highest BCUT2D eigenvalue weighted by Gasteiger charge is 2.65. The monoisotopic (exact) mass is 418 g/mol. The van der Waals surface area contributed by atoms with Crippen LogP contribution in [-0.2, 0) is 27.8 Å². The van der Waals surface area contributed by atoms with Crippen LogP contribution in [0.3, 0.4) is 0 Å². The molecule has 6 heteroatoms. The number of sulfonamides is 1. The maximum absolute atomic E-state index is 12.7. The molecule has 2 atom stereocenters. The van der Waals surface area contributed by atoms with Crippen LogP contribution in [0.5, 0.6) is 0 Å². The first kappa shape index (κ1) is 21.0. The van der Waals surface area contributed by atoms with E-state index in [4.69, 9.17) is 0 Å². The SMILES string of the molecule is CC1(C)C2CCC1(CS(=O)(=O)NCCCCN1CCc3ccccc3C1)C(=O)C2. The first-order valence-electron chi connectivity index (χ1n) is 11.0. The van der Waals surface area contributed by atoms with Gasteiger partial charge >= 0.3 is 0 Å². The molecule has 2 unspecified atom stereocenters. The number of carbonyl (C=O) groups is 1. The Hall–Kier alpha value is -1.24. The lowest BCUT2D eigenvalue weighted by molar-refractivity contribution is -0.128. The molecule has 3 aliphatic rings. The van der Waals surface area contributed by atoms with E-state index in [9.17, 15) is 13.2 Å². The van der Waals surface area contributed by atoms with Crippen LogP contribution < -0.4 is 4.72 Å². The summed E-state index contributed by atoms with van der Waals surface area (Å²) >= 11 is 0. The lowest BCUT2D eigenvalue weighted by Crippen LogP contribution is -2.45. The summed E-state index contributed by atoms with van der Waals surface area (Å²) in [6.07, 6.45) is 5.15. The van der Waals surface area contributed by atoms with E-state index in [1.165, 1.54) is 11.1 Å². The second-order valence-corrected chi connectivity index (χ2v) is 11.6. The van der Waals surface area contributed by atoms with Gasteiger partial charge in [0.15, 0.2) is 0 Å². The molecule has 5 nitrogen and oxygen atoms in total. The molecule has 1 heterocycles. The van der Waals surface area contributed by atoms with E-state index in [0.29, 0.717) is 18.9 Å². The summed E-state index contributed by atoms with van der Waals surface area (Å²) in [5.41, 5.74) is 1.99. The van der Waals surface area contributed by atoms with Crippen LogP contribution >= 0.6 is 0 Å². The third-order valence-corrected chi connectivity index (χ3v) is 9.53. The van der Waals surface area contributed by atoms with Gasteiger partial charge in [-0.1, -0.05) is 38.1 Å². The zero-order chi connectivity index (χ0) is 20.7. The molecular formula is C23H34N2O3S. The molecule has 29 heavy (non-hydrogen) atoms. The topological polar surface area (TPSA) is 66.5 Å². The second kappa shape index (κ2) is 7.78. The van der Waals surface area contributed by atoms with Crippen molar-refractivity contribution in [2.24, 2.45) is 16.7 Å². The number of nitrogens with one attached hydrogen (secondary N) is 1. The largest absolute Gasteiger partial charge is 0.299 e. The van der Waals surface area contributed by atoms with Crippen LogP contribution in [0.1, 0.15) is 57.1 Å². The van der Waals surface area contributed by atoms with Gasteiger partial charge in [-0.25, -0.2) is 13.1 Å². The number of fused-ring (bicyclic) bond motifs is 3. The van der Waals surface area contributed by atoms with Gasteiger partial charge in [0.1, 0.15) is 5.78 Å². The number of hydrogen-bond acceptors (Lipinski definition) is 4. The molecule has 1 aromatic carbocycles. The highest BCUT2D eigenvalue weighted by molar-refractivity contribution is 7.89. The number of ketones is 1. The number of Topliss-reactive ketones (excluding diaryl/α,β-unsaturated/α-hetero) is 1. The van der Waals surface area contributed by atoms with Gasteiger partial charge in [0.05, 0.1) is 5.75 Å². The van der Waals surface area contributed by atoms with Crippen LogP contribution in [0.25, 0.3) is 0 Å². The summed E-state index contributed by atoms with van der Waals surface area (Å²) in [4.78, 5) is 15.0. The fourth-order valence-electron chi connectivity index (χ4n) is 5.92. The fraction of sp³-hybridized carbons (Fsp3) is 0.696. The minimum atomic E-state index is -3.44. The Bertz CT molecular complexity index is 880. The third kappa shape index (κ3) is 3.91. The van der Waals surface area contributed by atoms with Gasteiger partial charge in [0.2, 0.25) is 10.0 Å². The highest BCUT2D eigenvalue weighted by atomic mass is 32.2. The Kier molecular flexibility index (Phi) is 5.64. The van der Waals surface area contributed by atoms with E-state index in [0.717, 1.165) is 51.7 Å². The molecule has 2 bridgehead atoms. The second-order valence-electron chi connectivity index (χ2n) is 9.82. The van der Waals surface area contributed by atoms with Crippen LogP contribution in [-0.4, -0.2) is 44.5 Å². The van der Waals surface area contributed by atoms with Crippen molar-refractivity contribution in [3.8, 4) is 0 Å². The summed E-state index contributed by atoms with van der Waals surface area (Å²) < 4.78 is 28.2. The minimum absolute atomic E-state index is 0.0365. The van der Waals surface area contributed by atoms with Gasteiger partial charge in [-0.05, 0) is 61.1 Å². The van der Waals surface area contributed by atoms with Gasteiger partial charge in [-0.2, -0.15) is 0 Å². The molecule has 0 spiro atoms. The van der Waals surface area contributed by atoms with Crippen LogP contribution in [0.4, 0.5) is 0 Å². The average Bonchev–Trinajstić information content (AvgIpc) is 3.01.